The van der Waals surface area contributed by atoms with Crippen LogP contribution in [0.1, 0.15) is 36.8 Å². The molecule has 2 aliphatic rings. The number of ether oxygens (including phenoxy) is 2. The van der Waals surface area contributed by atoms with Crippen molar-refractivity contribution in [2.75, 3.05) is 33.6 Å². The average Bonchev–Trinajstić information content (AvgIpc) is 3.27. The predicted octanol–water partition coefficient (Wildman–Crippen LogP) is 5.83. The van der Waals surface area contributed by atoms with E-state index in [4.69, 9.17) is 14.6 Å². The van der Waals surface area contributed by atoms with E-state index in [0.29, 0.717) is 0 Å². The molecule has 2 atom stereocenters. The van der Waals surface area contributed by atoms with E-state index >= 15 is 0 Å². The topological polar surface area (TPSA) is 35.8 Å². The van der Waals surface area contributed by atoms with Gasteiger partial charge in [0.05, 0.1) is 33.0 Å². The minimum absolute atomic E-state index is 0.203. The Kier molecular flexibility index (Phi) is 5.72. The number of aromatic nitrogens is 2. The number of thioether (sulfide) groups is 1. The molecule has 0 bridgehead atoms. The number of nitrogens with zero attached hydrogens (tertiary/aromatic N) is 3. The monoisotopic (exact) mass is 452 g/mol. The Bertz CT molecular complexity index is 1150. The Labute approximate surface area is 195 Å². The maximum atomic E-state index is 6.31. The van der Waals surface area contributed by atoms with E-state index in [9.17, 15) is 0 Å². The van der Waals surface area contributed by atoms with Crippen LogP contribution >= 0.6 is 11.8 Å². The van der Waals surface area contributed by atoms with Gasteiger partial charge in [-0.15, -0.1) is 11.8 Å². The van der Waals surface area contributed by atoms with Crippen LogP contribution in [0.25, 0.3) is 16.8 Å². The molecule has 0 spiro atoms. The number of quaternary nitrogens is 1. The molecule has 6 heteroatoms. The molecule has 1 aliphatic heterocycles. The Balaban J connectivity index is 1.74. The normalized spacial score (nSPS) is 20.6. The van der Waals surface area contributed by atoms with Gasteiger partial charge in [0.25, 0.3) is 0 Å². The van der Waals surface area contributed by atoms with Crippen LogP contribution in [0.3, 0.4) is 0 Å². The Morgan fingerprint density at radius 2 is 2.03 bits per heavy atom. The van der Waals surface area contributed by atoms with Gasteiger partial charge >= 0.3 is 0 Å². The summed E-state index contributed by atoms with van der Waals surface area (Å²) in [4.78, 5) is 0. The van der Waals surface area contributed by atoms with Crippen molar-refractivity contribution >= 4 is 23.0 Å². The first-order valence-electron chi connectivity index (χ1n) is 11.6. The molecule has 1 saturated heterocycles. The fourth-order valence-electron chi connectivity index (χ4n) is 5.46. The molecule has 2 aromatic heterocycles. The molecule has 2 unspecified atom stereocenters. The predicted molar refractivity (Wildman–Crippen MR) is 133 cm³/mol. The fourth-order valence-corrected chi connectivity index (χ4v) is 6.13. The highest BCUT2D eigenvalue weighted by molar-refractivity contribution is 7.98. The fraction of sp³-hybridized carbons (Fsp3) is 0.500. The van der Waals surface area contributed by atoms with Gasteiger partial charge in [-0.2, -0.15) is 5.10 Å². The summed E-state index contributed by atoms with van der Waals surface area (Å²) in [7, 11) is 4.12. The molecular weight excluding hydrogens is 418 g/mol. The van der Waals surface area contributed by atoms with Crippen LogP contribution in [0.2, 0.25) is 0 Å². The molecule has 0 amide bonds. The van der Waals surface area contributed by atoms with Crippen LogP contribution in [0.5, 0.6) is 5.75 Å². The first-order valence-corrected chi connectivity index (χ1v) is 12.9. The van der Waals surface area contributed by atoms with Crippen molar-refractivity contribution in [1.82, 2.24) is 14.1 Å². The summed E-state index contributed by atoms with van der Waals surface area (Å²) in [6.07, 6.45) is 7.26. The summed E-state index contributed by atoms with van der Waals surface area (Å²) in [6.45, 7) is 6.25. The standard InChI is InChI=1S/C26H34N3O2S/c1-17-14-18(2)24(22(15-17)30-4)20-8-6-9-21-25(26(32-5)27-28(20)21)29(3,16-19-11-12-19)23-10-7-13-31-23/h6,8-9,14-15,19,23H,7,10-13,16H2,1-5H3/q+1. The van der Waals surface area contributed by atoms with Gasteiger partial charge in [0, 0.05) is 17.9 Å². The van der Waals surface area contributed by atoms with Crippen molar-refractivity contribution in [3.05, 3.63) is 41.5 Å². The average molecular weight is 453 g/mol. The highest BCUT2D eigenvalue weighted by Gasteiger charge is 2.46. The van der Waals surface area contributed by atoms with Gasteiger partial charge in [-0.05, 0) is 68.7 Å². The molecular formula is C26H34N3O2S+. The van der Waals surface area contributed by atoms with E-state index in [-0.39, 0.29) is 6.23 Å². The van der Waals surface area contributed by atoms with Crippen LogP contribution in [0.15, 0.2) is 35.4 Å². The van der Waals surface area contributed by atoms with Crippen molar-refractivity contribution in [2.45, 2.75) is 50.8 Å². The zero-order chi connectivity index (χ0) is 22.5. The zero-order valence-electron chi connectivity index (χ0n) is 19.9. The van der Waals surface area contributed by atoms with E-state index in [1.54, 1.807) is 18.9 Å². The molecule has 1 aromatic carbocycles. The number of hydrogen-bond donors (Lipinski definition) is 0. The van der Waals surface area contributed by atoms with Crippen molar-refractivity contribution < 1.29 is 9.47 Å². The Morgan fingerprint density at radius 1 is 1.22 bits per heavy atom. The summed E-state index contributed by atoms with van der Waals surface area (Å²) in [5, 5.41) is 6.26. The van der Waals surface area contributed by atoms with E-state index in [0.717, 1.165) is 58.4 Å². The molecule has 5 nitrogen and oxygen atoms in total. The maximum absolute atomic E-state index is 6.31. The third-order valence-electron chi connectivity index (χ3n) is 7.10. The van der Waals surface area contributed by atoms with Gasteiger partial charge in [0.15, 0.2) is 16.9 Å². The summed E-state index contributed by atoms with van der Waals surface area (Å²) >= 11 is 1.74. The van der Waals surface area contributed by atoms with Crippen LogP contribution < -0.4 is 9.22 Å². The van der Waals surface area contributed by atoms with Gasteiger partial charge in [-0.1, -0.05) is 12.1 Å². The van der Waals surface area contributed by atoms with Gasteiger partial charge in [-0.25, -0.2) is 4.52 Å². The lowest BCUT2D eigenvalue weighted by atomic mass is 10.0. The van der Waals surface area contributed by atoms with E-state index in [1.165, 1.54) is 35.2 Å². The van der Waals surface area contributed by atoms with Crippen molar-refractivity contribution in [3.63, 3.8) is 0 Å². The van der Waals surface area contributed by atoms with Crippen molar-refractivity contribution in [2.24, 2.45) is 5.92 Å². The third-order valence-corrected chi connectivity index (χ3v) is 7.76. The molecule has 2 fully saturated rings. The largest absolute Gasteiger partial charge is 0.496 e. The van der Waals surface area contributed by atoms with Gasteiger partial charge < -0.3 is 9.47 Å². The Morgan fingerprint density at radius 3 is 2.69 bits per heavy atom. The summed E-state index contributed by atoms with van der Waals surface area (Å²) in [5.41, 5.74) is 7.07. The molecule has 5 rings (SSSR count). The first kappa shape index (κ1) is 21.8. The highest BCUT2D eigenvalue weighted by atomic mass is 32.2. The van der Waals surface area contributed by atoms with Gasteiger partial charge in [0.1, 0.15) is 11.3 Å². The first-order chi connectivity index (χ1) is 15.5. The van der Waals surface area contributed by atoms with Gasteiger partial charge in [-0.3, -0.25) is 4.48 Å². The second kappa shape index (κ2) is 8.40. The summed E-state index contributed by atoms with van der Waals surface area (Å²) in [5.74, 6) is 1.68. The lowest BCUT2D eigenvalue weighted by molar-refractivity contribution is -0.00329. The number of benzene rings is 1. The molecule has 1 saturated carbocycles. The number of aryl methyl sites for hydroxylation is 2. The minimum atomic E-state index is 0.203. The molecule has 3 aromatic rings. The second-order valence-corrected chi connectivity index (χ2v) is 10.4. The summed E-state index contributed by atoms with van der Waals surface area (Å²) < 4.78 is 15.1. The number of hydrogen-bond acceptors (Lipinski definition) is 4. The Hall–Kier alpha value is -2.02. The highest BCUT2D eigenvalue weighted by Crippen LogP contribution is 2.45. The minimum Gasteiger partial charge on any atom is -0.496 e. The molecule has 32 heavy (non-hydrogen) atoms. The lowest BCUT2D eigenvalue weighted by Gasteiger charge is -2.38. The van der Waals surface area contributed by atoms with Gasteiger partial charge in [0.2, 0.25) is 0 Å². The number of rotatable bonds is 7. The van der Waals surface area contributed by atoms with Crippen LogP contribution in [0.4, 0.5) is 5.69 Å². The summed E-state index contributed by atoms with van der Waals surface area (Å²) in [6, 6.07) is 10.9. The number of methoxy groups -OCH3 is 1. The zero-order valence-corrected chi connectivity index (χ0v) is 20.7. The molecule has 0 radical (unpaired) electrons. The lowest BCUT2D eigenvalue weighted by Crippen LogP contribution is -2.54. The van der Waals surface area contributed by atoms with E-state index in [2.05, 4.69) is 62.0 Å². The smallest absolute Gasteiger partial charge is 0.197 e. The van der Waals surface area contributed by atoms with Crippen LogP contribution in [0, 0.1) is 19.8 Å². The maximum Gasteiger partial charge on any atom is 0.197 e. The molecule has 3 heterocycles. The van der Waals surface area contributed by atoms with Crippen LogP contribution in [-0.2, 0) is 4.74 Å². The molecule has 0 N–H and O–H groups in total. The second-order valence-electron chi connectivity index (χ2n) is 9.59. The van der Waals surface area contributed by atoms with E-state index in [1.807, 2.05) is 0 Å². The SMILES string of the molecule is COc1cc(C)cc(C)c1-c1cccc2c([N+](C)(CC3CC3)C3CCCO3)c(SC)nn12. The van der Waals surface area contributed by atoms with Crippen molar-refractivity contribution in [1.29, 1.82) is 0 Å². The number of fused-ring (bicyclic) bond motifs is 1. The molecule has 170 valence electrons. The quantitative estimate of drug-likeness (QED) is 0.334. The van der Waals surface area contributed by atoms with E-state index < -0.39 is 0 Å². The van der Waals surface area contributed by atoms with Crippen molar-refractivity contribution in [3.8, 4) is 17.0 Å². The van der Waals surface area contributed by atoms with Crippen LogP contribution in [-0.4, -0.2) is 49.4 Å². The molecule has 1 aliphatic carbocycles. The third kappa shape index (κ3) is 3.62. The number of pyridine rings is 1.